The topological polar surface area (TPSA) is 47.1 Å². The van der Waals surface area contributed by atoms with Crippen LogP contribution in [-0.2, 0) is 0 Å². The second-order valence-corrected chi connectivity index (χ2v) is 7.06. The van der Waals surface area contributed by atoms with Gasteiger partial charge in [0, 0.05) is 31.4 Å². The van der Waals surface area contributed by atoms with Crippen molar-refractivity contribution < 1.29 is 0 Å². The van der Waals surface area contributed by atoms with Crippen molar-refractivity contribution in [1.29, 1.82) is 0 Å². The Kier molecular flexibility index (Phi) is 4.53. The predicted molar refractivity (Wildman–Crippen MR) is 87.7 cm³/mol. The van der Waals surface area contributed by atoms with E-state index in [2.05, 4.69) is 29.5 Å². The number of hydrogen-bond acceptors (Lipinski definition) is 3. The van der Waals surface area contributed by atoms with Gasteiger partial charge in [0.05, 0.1) is 5.69 Å². The van der Waals surface area contributed by atoms with E-state index in [-0.39, 0.29) is 0 Å². The average molecular weight is 290 g/mol. The van der Waals surface area contributed by atoms with Crippen molar-refractivity contribution in [3.8, 4) is 0 Å². The molecule has 0 bridgehead atoms. The molecule has 1 saturated carbocycles. The number of imidazole rings is 1. The molecule has 0 spiro atoms. The Morgan fingerprint density at radius 3 is 2.43 bits per heavy atom. The normalized spacial score (nSPS) is 23.5. The fourth-order valence-corrected chi connectivity index (χ4v) is 3.99. The highest BCUT2D eigenvalue weighted by Crippen LogP contribution is 2.33. The zero-order chi connectivity index (χ0) is 14.8. The van der Waals surface area contributed by atoms with Crippen molar-refractivity contribution in [2.75, 3.05) is 18.0 Å². The van der Waals surface area contributed by atoms with Crippen LogP contribution in [-0.4, -0.2) is 28.7 Å². The van der Waals surface area contributed by atoms with E-state index in [9.17, 15) is 0 Å². The summed E-state index contributed by atoms with van der Waals surface area (Å²) in [5.74, 6) is 1.89. The lowest BCUT2D eigenvalue weighted by molar-refractivity contribution is 0.333. The number of aryl methyl sites for hydroxylation is 1. The van der Waals surface area contributed by atoms with Gasteiger partial charge in [-0.25, -0.2) is 4.98 Å². The van der Waals surface area contributed by atoms with Crippen molar-refractivity contribution in [3.63, 3.8) is 0 Å². The van der Waals surface area contributed by atoms with Crippen LogP contribution in [0.25, 0.3) is 0 Å². The van der Waals surface area contributed by atoms with E-state index in [1.165, 1.54) is 50.9 Å². The lowest BCUT2D eigenvalue weighted by atomic mass is 9.91. The molecule has 1 atom stereocenters. The third-order valence-corrected chi connectivity index (χ3v) is 5.37. The van der Waals surface area contributed by atoms with Crippen LogP contribution in [0.2, 0.25) is 0 Å². The van der Waals surface area contributed by atoms with Crippen LogP contribution in [0, 0.1) is 12.8 Å². The number of rotatable bonds is 3. The van der Waals surface area contributed by atoms with E-state index in [1.807, 2.05) is 0 Å². The van der Waals surface area contributed by atoms with Gasteiger partial charge in [-0.15, -0.1) is 0 Å². The minimum Gasteiger partial charge on any atom is -0.342 e. The molecular formula is C17H30N4. The smallest absolute Gasteiger partial charge is 0.205 e. The Labute approximate surface area is 128 Å². The predicted octanol–water partition coefficient (Wildman–Crippen LogP) is 3.26. The minimum atomic E-state index is 0.326. The first-order valence-corrected chi connectivity index (χ1v) is 8.71. The monoisotopic (exact) mass is 290 g/mol. The molecule has 1 unspecified atom stereocenters. The lowest BCUT2D eigenvalue weighted by Crippen LogP contribution is -2.41. The second kappa shape index (κ2) is 6.39. The molecule has 2 aliphatic rings. The zero-order valence-corrected chi connectivity index (χ0v) is 13.6. The summed E-state index contributed by atoms with van der Waals surface area (Å²) >= 11 is 0. The van der Waals surface area contributed by atoms with E-state index < -0.39 is 0 Å². The molecule has 0 aromatic carbocycles. The molecule has 1 aliphatic carbocycles. The summed E-state index contributed by atoms with van der Waals surface area (Å²) < 4.78 is 2.47. The maximum atomic E-state index is 6.06. The first-order valence-electron chi connectivity index (χ1n) is 8.71. The first-order chi connectivity index (χ1) is 10.1. The molecule has 2 fully saturated rings. The maximum absolute atomic E-state index is 6.06. The van der Waals surface area contributed by atoms with Crippen LogP contribution in [0.1, 0.15) is 63.6 Å². The molecule has 1 saturated heterocycles. The van der Waals surface area contributed by atoms with Crippen LogP contribution in [0.4, 0.5) is 5.95 Å². The number of anilines is 1. The molecular weight excluding hydrogens is 260 g/mol. The summed E-state index contributed by atoms with van der Waals surface area (Å²) in [4.78, 5) is 7.32. The van der Waals surface area contributed by atoms with Crippen molar-refractivity contribution in [2.45, 2.75) is 70.9 Å². The van der Waals surface area contributed by atoms with Crippen molar-refractivity contribution >= 4 is 5.95 Å². The van der Waals surface area contributed by atoms with Crippen molar-refractivity contribution in [1.82, 2.24) is 9.55 Å². The summed E-state index contributed by atoms with van der Waals surface area (Å²) in [6.45, 7) is 6.48. The average Bonchev–Trinajstić information content (AvgIpc) is 2.90. The number of nitrogens with zero attached hydrogens (tertiary/aromatic N) is 3. The van der Waals surface area contributed by atoms with E-state index >= 15 is 0 Å². The standard InChI is InChI=1S/C17H30N4/c1-13-12-21(16-6-4-3-5-7-16)17(19-13)20-10-8-15(9-11-20)14(2)18/h12,14-16H,3-11,18H2,1-2H3. The number of aromatic nitrogens is 2. The number of hydrogen-bond donors (Lipinski definition) is 1. The highest BCUT2D eigenvalue weighted by Gasteiger charge is 2.26. The fourth-order valence-electron chi connectivity index (χ4n) is 3.99. The Bertz CT molecular complexity index is 451. The Balaban J connectivity index is 1.73. The highest BCUT2D eigenvalue weighted by molar-refractivity contribution is 5.35. The molecule has 1 aromatic heterocycles. The zero-order valence-electron chi connectivity index (χ0n) is 13.6. The molecule has 1 aromatic rings. The lowest BCUT2D eigenvalue weighted by Gasteiger charge is -2.36. The molecule has 21 heavy (non-hydrogen) atoms. The van der Waals surface area contributed by atoms with Crippen molar-refractivity contribution in [2.24, 2.45) is 11.7 Å². The molecule has 2 heterocycles. The SMILES string of the molecule is Cc1cn(C2CCCCC2)c(N2CCC(C(C)N)CC2)n1. The van der Waals surface area contributed by atoms with Gasteiger partial charge in [0.2, 0.25) is 5.95 Å². The fraction of sp³-hybridized carbons (Fsp3) is 0.824. The minimum absolute atomic E-state index is 0.326. The van der Waals surface area contributed by atoms with Gasteiger partial charge in [-0.2, -0.15) is 0 Å². The van der Waals surface area contributed by atoms with Gasteiger partial charge in [0.1, 0.15) is 0 Å². The van der Waals surface area contributed by atoms with Gasteiger partial charge in [0.15, 0.2) is 0 Å². The molecule has 118 valence electrons. The summed E-state index contributed by atoms with van der Waals surface area (Å²) in [6.07, 6.45) is 11.4. The van der Waals surface area contributed by atoms with Crippen LogP contribution < -0.4 is 10.6 Å². The van der Waals surface area contributed by atoms with Crippen LogP contribution in [0.3, 0.4) is 0 Å². The Morgan fingerprint density at radius 1 is 1.14 bits per heavy atom. The highest BCUT2D eigenvalue weighted by atomic mass is 15.3. The summed E-state index contributed by atoms with van der Waals surface area (Å²) in [5, 5.41) is 0. The quantitative estimate of drug-likeness (QED) is 0.929. The molecule has 4 nitrogen and oxygen atoms in total. The summed E-state index contributed by atoms with van der Waals surface area (Å²) in [5.41, 5.74) is 7.22. The first kappa shape index (κ1) is 14.9. The van der Waals surface area contributed by atoms with Gasteiger partial charge in [0.25, 0.3) is 0 Å². The van der Waals surface area contributed by atoms with Crippen LogP contribution >= 0.6 is 0 Å². The molecule has 4 heteroatoms. The van der Waals surface area contributed by atoms with E-state index in [0.717, 1.165) is 18.8 Å². The molecule has 0 amide bonds. The Morgan fingerprint density at radius 2 is 1.81 bits per heavy atom. The van der Waals surface area contributed by atoms with E-state index in [0.29, 0.717) is 18.0 Å². The van der Waals surface area contributed by atoms with Crippen molar-refractivity contribution in [3.05, 3.63) is 11.9 Å². The second-order valence-electron chi connectivity index (χ2n) is 7.06. The van der Waals surface area contributed by atoms with E-state index in [1.54, 1.807) is 0 Å². The van der Waals surface area contributed by atoms with Gasteiger partial charge in [-0.05, 0) is 45.4 Å². The molecule has 2 N–H and O–H groups in total. The molecule has 3 rings (SSSR count). The van der Waals surface area contributed by atoms with Gasteiger partial charge < -0.3 is 15.2 Å². The third kappa shape index (κ3) is 3.25. The van der Waals surface area contributed by atoms with Gasteiger partial charge >= 0.3 is 0 Å². The van der Waals surface area contributed by atoms with Crippen LogP contribution in [0.15, 0.2) is 6.20 Å². The van der Waals surface area contributed by atoms with Crippen LogP contribution in [0.5, 0.6) is 0 Å². The van der Waals surface area contributed by atoms with Gasteiger partial charge in [-0.3, -0.25) is 0 Å². The number of piperidine rings is 1. The third-order valence-electron chi connectivity index (χ3n) is 5.37. The maximum Gasteiger partial charge on any atom is 0.205 e. The largest absolute Gasteiger partial charge is 0.342 e. The number of nitrogens with two attached hydrogens (primary N) is 1. The van der Waals surface area contributed by atoms with E-state index in [4.69, 9.17) is 10.7 Å². The molecule has 1 aliphatic heterocycles. The molecule has 0 radical (unpaired) electrons. The van der Waals surface area contributed by atoms with Gasteiger partial charge in [-0.1, -0.05) is 19.3 Å². The summed E-state index contributed by atoms with van der Waals surface area (Å²) in [7, 11) is 0. The summed E-state index contributed by atoms with van der Waals surface area (Å²) in [6, 6.07) is 0.994. The Hall–Kier alpha value is -1.03.